The number of rotatable bonds is 5. The van der Waals surface area contributed by atoms with Crippen LogP contribution in [-0.4, -0.2) is 61.9 Å². The molecule has 0 spiro atoms. The van der Waals surface area contributed by atoms with Crippen molar-refractivity contribution in [1.29, 1.82) is 0 Å². The van der Waals surface area contributed by atoms with Crippen LogP contribution in [0.2, 0.25) is 0 Å². The Hall–Kier alpha value is 0.630. The third-order valence-electron chi connectivity index (χ3n) is 1.42. The summed E-state index contributed by atoms with van der Waals surface area (Å²) in [5, 5.41) is 44.9. The first kappa shape index (κ1) is 16.1. The van der Waals surface area contributed by atoms with Gasteiger partial charge in [-0.05, 0) is 0 Å². The van der Waals surface area contributed by atoms with Crippen molar-refractivity contribution in [2.45, 2.75) is 24.4 Å². The predicted molar refractivity (Wildman–Crippen MR) is 44.8 cm³/mol. The SMILES string of the molecule is OC[C@@H](O)[C@@H](O)[C@H](O)[C@@H](O)C=S.[Ag]. The van der Waals surface area contributed by atoms with Gasteiger partial charge in [0.2, 0.25) is 0 Å². The number of aliphatic hydroxyl groups excluding tert-OH is 5. The molecule has 4 atom stereocenters. The summed E-state index contributed by atoms with van der Waals surface area (Å²) in [7, 11) is 0. The van der Waals surface area contributed by atoms with Gasteiger partial charge < -0.3 is 25.5 Å². The third-order valence-corrected chi connectivity index (χ3v) is 1.70. The zero-order valence-corrected chi connectivity index (χ0v) is 8.84. The molecule has 0 saturated carbocycles. The van der Waals surface area contributed by atoms with E-state index >= 15 is 0 Å². The normalized spacial score (nSPS) is 19.5. The Morgan fingerprint density at radius 3 is 1.85 bits per heavy atom. The molecular formula is C6H12AgO5S. The van der Waals surface area contributed by atoms with Crippen LogP contribution < -0.4 is 0 Å². The Morgan fingerprint density at radius 2 is 1.54 bits per heavy atom. The van der Waals surface area contributed by atoms with Crippen LogP contribution in [0.1, 0.15) is 0 Å². The van der Waals surface area contributed by atoms with E-state index in [-0.39, 0.29) is 22.4 Å². The van der Waals surface area contributed by atoms with Gasteiger partial charge in [-0.2, -0.15) is 0 Å². The van der Waals surface area contributed by atoms with Crippen molar-refractivity contribution >= 4 is 17.6 Å². The van der Waals surface area contributed by atoms with Gasteiger partial charge in [0.05, 0.1) is 6.61 Å². The molecular weight excluding hydrogens is 292 g/mol. The first-order valence-electron chi connectivity index (χ1n) is 3.33. The van der Waals surface area contributed by atoms with Crippen molar-refractivity contribution in [3.05, 3.63) is 0 Å². The summed E-state index contributed by atoms with van der Waals surface area (Å²) in [6.45, 7) is -0.692. The summed E-state index contributed by atoms with van der Waals surface area (Å²) in [6.07, 6.45) is -6.06. The number of thiocarbonyl (C=S) groups is 1. The molecule has 83 valence electrons. The molecule has 0 aliphatic rings. The summed E-state index contributed by atoms with van der Waals surface area (Å²) in [4.78, 5) is 0. The summed E-state index contributed by atoms with van der Waals surface area (Å²) in [5.41, 5.74) is 0. The van der Waals surface area contributed by atoms with Crippen LogP contribution in [0.5, 0.6) is 0 Å². The van der Waals surface area contributed by atoms with E-state index in [1.54, 1.807) is 0 Å². The zero-order chi connectivity index (χ0) is 9.72. The molecule has 0 aliphatic heterocycles. The first-order chi connectivity index (χ1) is 5.54. The van der Waals surface area contributed by atoms with Crippen molar-refractivity contribution in [3.8, 4) is 0 Å². The van der Waals surface area contributed by atoms with Crippen molar-refractivity contribution in [3.63, 3.8) is 0 Å². The number of hydrogen-bond donors (Lipinski definition) is 5. The molecule has 0 amide bonds. The number of aliphatic hydroxyl groups is 5. The Balaban J connectivity index is 0. The van der Waals surface area contributed by atoms with Gasteiger partial charge in [-0.1, -0.05) is 12.2 Å². The van der Waals surface area contributed by atoms with E-state index in [1.165, 1.54) is 0 Å². The molecule has 0 heterocycles. The Morgan fingerprint density at radius 1 is 1.08 bits per heavy atom. The van der Waals surface area contributed by atoms with Gasteiger partial charge in [-0.3, -0.25) is 0 Å². The molecule has 0 saturated heterocycles. The summed E-state index contributed by atoms with van der Waals surface area (Å²) in [5.74, 6) is 0. The average molecular weight is 304 g/mol. The van der Waals surface area contributed by atoms with Crippen LogP contribution in [0.15, 0.2) is 0 Å². The minimum Gasteiger partial charge on any atom is -0.394 e. The minimum absolute atomic E-state index is 0. The molecule has 0 aromatic rings. The van der Waals surface area contributed by atoms with Crippen molar-refractivity contribution in [2.75, 3.05) is 6.61 Å². The van der Waals surface area contributed by atoms with Gasteiger partial charge in [0.25, 0.3) is 0 Å². The smallest absolute Gasteiger partial charge is 0.113 e. The molecule has 0 unspecified atom stereocenters. The van der Waals surface area contributed by atoms with E-state index in [0.717, 1.165) is 5.37 Å². The summed E-state index contributed by atoms with van der Waals surface area (Å²) >= 11 is 4.30. The van der Waals surface area contributed by atoms with Crippen molar-refractivity contribution in [1.82, 2.24) is 0 Å². The van der Waals surface area contributed by atoms with Crippen LogP contribution >= 0.6 is 12.2 Å². The summed E-state index contributed by atoms with van der Waals surface area (Å²) in [6, 6.07) is 0. The standard InChI is InChI=1S/C6H12O5S.Ag/c7-1-3(8)5(10)6(11)4(9)2-12;/h2-11H,1H2;/t3-,4+,5-,6-;/m1./s1. The van der Waals surface area contributed by atoms with E-state index in [9.17, 15) is 0 Å². The van der Waals surface area contributed by atoms with E-state index in [0.29, 0.717) is 0 Å². The van der Waals surface area contributed by atoms with Gasteiger partial charge in [-0.25, -0.2) is 0 Å². The third kappa shape index (κ3) is 5.16. The van der Waals surface area contributed by atoms with E-state index in [2.05, 4.69) is 12.2 Å². The largest absolute Gasteiger partial charge is 0.394 e. The molecule has 0 bridgehead atoms. The molecule has 0 rings (SSSR count). The van der Waals surface area contributed by atoms with Crippen LogP contribution in [0, 0.1) is 0 Å². The van der Waals surface area contributed by atoms with Gasteiger partial charge in [0.1, 0.15) is 24.4 Å². The molecule has 13 heavy (non-hydrogen) atoms. The fourth-order valence-electron chi connectivity index (χ4n) is 0.618. The minimum atomic E-state index is -1.61. The van der Waals surface area contributed by atoms with Crippen LogP contribution in [0.4, 0.5) is 0 Å². The second kappa shape index (κ2) is 7.98. The molecule has 0 fully saturated rings. The fraction of sp³-hybridized carbons (Fsp3) is 0.833. The van der Waals surface area contributed by atoms with Gasteiger partial charge in [0, 0.05) is 27.7 Å². The quantitative estimate of drug-likeness (QED) is 0.282. The average Bonchev–Trinajstić information content (AvgIpc) is 2.12. The molecule has 0 aromatic heterocycles. The first-order valence-corrected chi connectivity index (χ1v) is 3.80. The molecule has 1 radical (unpaired) electrons. The van der Waals surface area contributed by atoms with Crippen LogP contribution in [-0.2, 0) is 22.4 Å². The summed E-state index contributed by atoms with van der Waals surface area (Å²) < 4.78 is 0. The molecule has 5 nitrogen and oxygen atoms in total. The van der Waals surface area contributed by atoms with Crippen molar-refractivity contribution in [2.24, 2.45) is 0 Å². The fourth-order valence-corrected chi connectivity index (χ4v) is 0.779. The second-order valence-electron chi connectivity index (χ2n) is 2.36. The maximum Gasteiger partial charge on any atom is 0.113 e. The maximum absolute atomic E-state index is 9.02. The van der Waals surface area contributed by atoms with Gasteiger partial charge in [-0.15, -0.1) is 0 Å². The van der Waals surface area contributed by atoms with Gasteiger partial charge in [0.15, 0.2) is 0 Å². The Bertz CT molecular complexity index is 147. The van der Waals surface area contributed by atoms with E-state index < -0.39 is 31.0 Å². The Kier molecular flexibility index (Phi) is 9.87. The van der Waals surface area contributed by atoms with Crippen LogP contribution in [0.25, 0.3) is 0 Å². The Labute approximate surface area is 96.5 Å². The maximum atomic E-state index is 9.02. The van der Waals surface area contributed by atoms with E-state index in [4.69, 9.17) is 25.5 Å². The zero-order valence-electron chi connectivity index (χ0n) is 6.54. The number of hydrogen-bond acceptors (Lipinski definition) is 6. The van der Waals surface area contributed by atoms with Crippen LogP contribution in [0.3, 0.4) is 0 Å². The van der Waals surface area contributed by atoms with Gasteiger partial charge >= 0.3 is 0 Å². The predicted octanol–water partition coefficient (Wildman–Crippen LogP) is -2.58. The van der Waals surface area contributed by atoms with E-state index in [1.807, 2.05) is 0 Å². The molecule has 0 aliphatic carbocycles. The second-order valence-corrected chi connectivity index (χ2v) is 2.63. The monoisotopic (exact) mass is 303 g/mol. The molecule has 7 heteroatoms. The molecule has 0 aromatic carbocycles. The topological polar surface area (TPSA) is 101 Å². The van der Waals surface area contributed by atoms with Crippen molar-refractivity contribution < 1.29 is 47.9 Å². The molecule has 5 N–H and O–H groups in total.